The predicted molar refractivity (Wildman–Crippen MR) is 64.1 cm³/mol. The number of rotatable bonds is 5. The van der Waals surface area contributed by atoms with E-state index in [0.717, 1.165) is 0 Å². The van der Waals surface area contributed by atoms with Crippen LogP contribution in [0.5, 0.6) is 5.75 Å². The van der Waals surface area contributed by atoms with E-state index in [0.29, 0.717) is 22.9 Å². The topological polar surface area (TPSA) is 38.7 Å². The van der Waals surface area contributed by atoms with Crippen molar-refractivity contribution in [1.82, 2.24) is 0 Å². The van der Waals surface area contributed by atoms with Gasteiger partial charge < -0.3 is 14.6 Å². The number of hydrogen-bond acceptors (Lipinski definition) is 3. The largest absolute Gasteiger partial charge is 0.488 e. The number of aliphatic hydroxyl groups is 1. The van der Waals surface area contributed by atoms with Gasteiger partial charge in [0, 0.05) is 17.7 Å². The van der Waals surface area contributed by atoms with Gasteiger partial charge in [-0.1, -0.05) is 11.6 Å². The molecule has 0 aliphatic carbocycles. The van der Waals surface area contributed by atoms with Crippen LogP contribution in [0.2, 0.25) is 5.02 Å². The Bertz CT molecular complexity index is 339. The van der Waals surface area contributed by atoms with Crippen molar-refractivity contribution in [2.45, 2.75) is 26.1 Å². The molecule has 0 fully saturated rings. The molecule has 1 rings (SSSR count). The lowest BCUT2D eigenvalue weighted by Gasteiger charge is -2.18. The molecule has 2 unspecified atom stereocenters. The number of halogens is 1. The molecule has 0 spiro atoms. The molecule has 0 bridgehead atoms. The summed E-state index contributed by atoms with van der Waals surface area (Å²) in [6.07, 6.45) is -0.674. The zero-order chi connectivity index (χ0) is 12.1. The first-order valence-corrected chi connectivity index (χ1v) is 5.55. The molecule has 0 amide bonds. The quantitative estimate of drug-likeness (QED) is 0.866. The Hall–Kier alpha value is -0.770. The van der Waals surface area contributed by atoms with Crippen LogP contribution in [0.1, 0.15) is 25.5 Å². The van der Waals surface area contributed by atoms with Gasteiger partial charge in [0.15, 0.2) is 0 Å². The average molecular weight is 245 g/mol. The van der Waals surface area contributed by atoms with Crippen LogP contribution in [0.4, 0.5) is 0 Å². The summed E-state index contributed by atoms with van der Waals surface area (Å²) in [6.45, 7) is 4.09. The first kappa shape index (κ1) is 13.3. The lowest BCUT2D eigenvalue weighted by atomic mass is 10.1. The summed E-state index contributed by atoms with van der Waals surface area (Å²) in [5.41, 5.74) is 0.690. The van der Waals surface area contributed by atoms with Crippen LogP contribution in [-0.4, -0.2) is 24.9 Å². The van der Waals surface area contributed by atoms with Gasteiger partial charge >= 0.3 is 0 Å². The molecular weight excluding hydrogens is 228 g/mol. The highest BCUT2D eigenvalue weighted by atomic mass is 35.5. The maximum Gasteiger partial charge on any atom is 0.125 e. The number of benzene rings is 1. The molecule has 1 aromatic carbocycles. The Balaban J connectivity index is 2.86. The minimum Gasteiger partial charge on any atom is -0.488 e. The summed E-state index contributed by atoms with van der Waals surface area (Å²) in [5.74, 6) is 0.643. The summed E-state index contributed by atoms with van der Waals surface area (Å²) < 4.78 is 10.6. The lowest BCUT2D eigenvalue weighted by molar-refractivity contribution is 0.0886. The second-order valence-electron chi connectivity index (χ2n) is 3.74. The maximum atomic E-state index is 9.60. The van der Waals surface area contributed by atoms with E-state index >= 15 is 0 Å². The minimum absolute atomic E-state index is 0.0660. The van der Waals surface area contributed by atoms with Crippen LogP contribution in [-0.2, 0) is 4.74 Å². The third-order valence-electron chi connectivity index (χ3n) is 2.15. The number of hydrogen-bond donors (Lipinski definition) is 1. The van der Waals surface area contributed by atoms with E-state index in [1.807, 2.05) is 6.92 Å². The van der Waals surface area contributed by atoms with E-state index < -0.39 is 6.10 Å². The van der Waals surface area contributed by atoms with Crippen LogP contribution in [0.15, 0.2) is 18.2 Å². The second-order valence-corrected chi connectivity index (χ2v) is 4.18. The zero-order valence-electron chi connectivity index (χ0n) is 9.74. The van der Waals surface area contributed by atoms with Crippen molar-refractivity contribution in [2.75, 3.05) is 13.7 Å². The standard InChI is InChI=1S/C12H17ClO3/c1-8(7-15-3)16-12-5-4-10(13)6-11(12)9(2)14/h4-6,8-9,14H,7H2,1-3H3. The molecule has 90 valence electrons. The summed E-state index contributed by atoms with van der Waals surface area (Å²) in [4.78, 5) is 0. The third-order valence-corrected chi connectivity index (χ3v) is 2.39. The number of ether oxygens (including phenoxy) is 2. The van der Waals surface area contributed by atoms with Gasteiger partial charge in [-0.3, -0.25) is 0 Å². The van der Waals surface area contributed by atoms with Gasteiger partial charge in [0.1, 0.15) is 11.9 Å². The average Bonchev–Trinajstić information content (AvgIpc) is 2.20. The summed E-state index contributed by atoms with van der Waals surface area (Å²) in [5, 5.41) is 10.2. The van der Waals surface area contributed by atoms with Crippen molar-refractivity contribution in [1.29, 1.82) is 0 Å². The Morgan fingerprint density at radius 3 is 2.62 bits per heavy atom. The van der Waals surface area contributed by atoms with Crippen LogP contribution >= 0.6 is 11.6 Å². The van der Waals surface area contributed by atoms with Gasteiger partial charge in [0.05, 0.1) is 12.7 Å². The molecule has 0 saturated carbocycles. The predicted octanol–water partition coefficient (Wildman–Crippen LogP) is 2.81. The first-order chi connectivity index (χ1) is 7.54. The highest BCUT2D eigenvalue weighted by Gasteiger charge is 2.12. The van der Waals surface area contributed by atoms with Crippen LogP contribution in [0, 0.1) is 0 Å². The van der Waals surface area contributed by atoms with Gasteiger partial charge in [0.25, 0.3) is 0 Å². The number of methoxy groups -OCH3 is 1. The summed E-state index contributed by atoms with van der Waals surface area (Å²) >= 11 is 5.87. The van der Waals surface area contributed by atoms with Crippen molar-refractivity contribution in [3.63, 3.8) is 0 Å². The Morgan fingerprint density at radius 2 is 2.06 bits per heavy atom. The fourth-order valence-electron chi connectivity index (χ4n) is 1.44. The smallest absolute Gasteiger partial charge is 0.125 e. The Kier molecular flexibility index (Phi) is 5.06. The van der Waals surface area contributed by atoms with Crippen molar-refractivity contribution < 1.29 is 14.6 Å². The van der Waals surface area contributed by atoms with Gasteiger partial charge in [-0.25, -0.2) is 0 Å². The minimum atomic E-state index is -0.608. The van der Waals surface area contributed by atoms with E-state index in [-0.39, 0.29) is 6.10 Å². The molecule has 0 saturated heterocycles. The molecule has 4 heteroatoms. The summed E-state index contributed by atoms with van der Waals surface area (Å²) in [7, 11) is 1.62. The van der Waals surface area contributed by atoms with Crippen LogP contribution in [0.3, 0.4) is 0 Å². The molecule has 0 aromatic heterocycles. The van der Waals surface area contributed by atoms with Gasteiger partial charge in [-0.15, -0.1) is 0 Å². The normalized spacial score (nSPS) is 14.6. The van der Waals surface area contributed by atoms with Crippen molar-refractivity contribution in [3.05, 3.63) is 28.8 Å². The van der Waals surface area contributed by atoms with Crippen LogP contribution < -0.4 is 4.74 Å². The first-order valence-electron chi connectivity index (χ1n) is 5.17. The second kappa shape index (κ2) is 6.09. The fourth-order valence-corrected chi connectivity index (χ4v) is 1.62. The molecule has 0 aliphatic heterocycles. The molecular formula is C12H17ClO3. The molecule has 3 nitrogen and oxygen atoms in total. The third kappa shape index (κ3) is 3.67. The highest BCUT2D eigenvalue weighted by molar-refractivity contribution is 6.30. The molecule has 1 N–H and O–H groups in total. The molecule has 1 aromatic rings. The Labute approximate surface area is 101 Å². The van der Waals surface area contributed by atoms with E-state index in [1.165, 1.54) is 0 Å². The highest BCUT2D eigenvalue weighted by Crippen LogP contribution is 2.28. The molecule has 0 heterocycles. The SMILES string of the molecule is COCC(C)Oc1ccc(Cl)cc1C(C)O. The van der Waals surface area contributed by atoms with Gasteiger partial charge in [-0.05, 0) is 32.0 Å². The van der Waals surface area contributed by atoms with E-state index in [9.17, 15) is 5.11 Å². The van der Waals surface area contributed by atoms with Crippen molar-refractivity contribution >= 4 is 11.6 Å². The van der Waals surface area contributed by atoms with E-state index in [1.54, 1.807) is 32.2 Å². The molecule has 2 atom stereocenters. The Morgan fingerprint density at radius 1 is 1.38 bits per heavy atom. The fraction of sp³-hybridized carbons (Fsp3) is 0.500. The summed E-state index contributed by atoms with van der Waals surface area (Å²) in [6, 6.07) is 5.21. The van der Waals surface area contributed by atoms with Gasteiger partial charge in [-0.2, -0.15) is 0 Å². The van der Waals surface area contributed by atoms with E-state index in [2.05, 4.69) is 0 Å². The molecule has 0 aliphatic rings. The van der Waals surface area contributed by atoms with E-state index in [4.69, 9.17) is 21.1 Å². The molecule has 16 heavy (non-hydrogen) atoms. The van der Waals surface area contributed by atoms with Crippen LogP contribution in [0.25, 0.3) is 0 Å². The lowest BCUT2D eigenvalue weighted by Crippen LogP contribution is -2.19. The number of aliphatic hydroxyl groups excluding tert-OH is 1. The molecule has 0 radical (unpaired) electrons. The van der Waals surface area contributed by atoms with Crippen molar-refractivity contribution in [2.24, 2.45) is 0 Å². The monoisotopic (exact) mass is 244 g/mol. The zero-order valence-corrected chi connectivity index (χ0v) is 10.5. The van der Waals surface area contributed by atoms with Crippen molar-refractivity contribution in [3.8, 4) is 5.75 Å². The van der Waals surface area contributed by atoms with Gasteiger partial charge in [0.2, 0.25) is 0 Å². The maximum absolute atomic E-state index is 9.60.